The normalized spacial score (nSPS) is 11.2. The number of rotatable bonds is 25. The Balaban J connectivity index is 0.000000149. The lowest BCUT2D eigenvalue weighted by atomic mass is 10.1. The zero-order valence-electron chi connectivity index (χ0n) is 80.8. The third kappa shape index (κ3) is 24.3. The molecule has 0 unspecified atom stereocenters. The lowest BCUT2D eigenvalue weighted by Crippen LogP contribution is -2.01. The van der Waals surface area contributed by atoms with Gasteiger partial charge in [-0.05, 0) is 272 Å². The molecule has 0 saturated heterocycles. The summed E-state index contributed by atoms with van der Waals surface area (Å²) >= 11 is 0. The number of ether oxygens (including phenoxy) is 8. The highest BCUT2D eigenvalue weighted by atomic mass is 16.5. The van der Waals surface area contributed by atoms with E-state index in [0.29, 0.717) is 113 Å². The molecule has 0 fully saturated rings. The number of furan rings is 6. The van der Waals surface area contributed by atoms with E-state index in [-0.39, 0.29) is 107 Å². The molecule has 0 amide bonds. The first kappa shape index (κ1) is 106. The highest BCUT2D eigenvalue weighted by Gasteiger charge is 2.25. The number of phenolic OH excluding ortho intramolecular Hbond substituents is 6. The minimum absolute atomic E-state index is 0.0213. The van der Waals surface area contributed by atoms with E-state index < -0.39 is 58.8 Å². The van der Waals surface area contributed by atoms with Gasteiger partial charge in [0.2, 0.25) is 0 Å². The van der Waals surface area contributed by atoms with Crippen LogP contribution in [0.5, 0.6) is 103 Å². The number of carbonyl (C=O) groups is 6. The first-order valence-corrected chi connectivity index (χ1v) is 44.2. The van der Waals surface area contributed by atoms with Gasteiger partial charge in [-0.15, -0.1) is 0 Å². The van der Waals surface area contributed by atoms with Crippen molar-refractivity contribution in [2.45, 2.75) is 20.8 Å². The first-order chi connectivity index (χ1) is 71.3. The number of carbonyl (C=O) groups excluding carboxylic acids is 1. The number of aryl methyl sites for hydroxylation is 3. The van der Waals surface area contributed by atoms with Crippen LogP contribution in [0.15, 0.2) is 227 Å². The van der Waals surface area contributed by atoms with Crippen molar-refractivity contribution < 1.29 is 175 Å². The summed E-state index contributed by atoms with van der Waals surface area (Å²) in [7, 11) is 11.8. The molecule has 0 atom stereocenters. The number of phenols is 11. The average molecular weight is 2030 g/mol. The maximum atomic E-state index is 11.6. The number of esters is 1. The van der Waals surface area contributed by atoms with E-state index in [9.17, 15) is 84.9 Å². The lowest BCUT2D eigenvalue weighted by molar-refractivity contribution is 0.0594. The highest BCUT2D eigenvalue weighted by molar-refractivity contribution is 6.05. The van der Waals surface area contributed by atoms with E-state index >= 15 is 0 Å². The molecule has 0 spiro atoms. The van der Waals surface area contributed by atoms with Crippen molar-refractivity contribution in [3.63, 3.8) is 0 Å². The summed E-state index contributed by atoms with van der Waals surface area (Å²) in [6.45, 7) is 5.45. The van der Waals surface area contributed by atoms with Gasteiger partial charge in [0, 0.05) is 37.9 Å². The molecule has 762 valence electrons. The molecule has 0 bridgehead atoms. The predicted octanol–water partition coefficient (Wildman–Crippen LogP) is 23.6. The van der Waals surface area contributed by atoms with Gasteiger partial charge in [0.15, 0.2) is 137 Å². The predicted molar refractivity (Wildman–Crippen MR) is 554 cm³/mol. The Morgan fingerprint density at radius 1 is 0.235 bits per heavy atom. The summed E-state index contributed by atoms with van der Waals surface area (Å²) in [4.78, 5) is 67.0. The summed E-state index contributed by atoms with van der Waals surface area (Å²) in [5, 5.41) is 158. The van der Waals surface area contributed by atoms with E-state index in [1.807, 2.05) is 32.1 Å². The van der Waals surface area contributed by atoms with Crippen molar-refractivity contribution in [3.05, 3.63) is 318 Å². The SMILES string of the molecule is COC(=O)c1ccc2cc(/C=C/c3ccc(OC)c(O)c3)oc2c1O.COc1cc(C)c(/C=C/c2cc3ccc(C(=O)O)c(O)c3o2)cc1O.COc1ccc(/C=C/c2cc3c(C)cc(C(=O)O)c(O)c3o2)cc1O.COc1ccc(/C=C/c2cc3ccc(C(=O)O)c(O)c3o2)cc1O.COc1ccc(/C=C/c2cc3ccc(C(=O)O)c(O)c3o2)cc1OC.COc1ccc(/C=C/c2oc3c(O)c(C(=O)O)ccc3c2C)cc1O. The van der Waals surface area contributed by atoms with Gasteiger partial charge in [0.05, 0.1) is 56.9 Å². The second-order valence-electron chi connectivity index (χ2n) is 32.3. The van der Waals surface area contributed by atoms with Gasteiger partial charge in [0.25, 0.3) is 0 Å². The first-order valence-electron chi connectivity index (χ1n) is 44.2. The zero-order valence-corrected chi connectivity index (χ0v) is 80.8. The number of carboxylic acids is 5. The Hall–Kier alpha value is -20.5. The van der Waals surface area contributed by atoms with Crippen molar-refractivity contribution in [1.82, 2.24) is 0 Å². The van der Waals surface area contributed by atoms with E-state index in [1.54, 1.807) is 234 Å². The molecule has 149 heavy (non-hydrogen) atoms. The van der Waals surface area contributed by atoms with Crippen molar-refractivity contribution in [2.75, 3.05) is 56.9 Å². The van der Waals surface area contributed by atoms with Crippen molar-refractivity contribution in [2.24, 2.45) is 0 Å². The zero-order chi connectivity index (χ0) is 108. The largest absolute Gasteiger partial charge is 0.504 e. The van der Waals surface area contributed by atoms with Crippen LogP contribution in [0, 0.1) is 20.8 Å². The van der Waals surface area contributed by atoms with Gasteiger partial charge in [-0.25, -0.2) is 28.8 Å². The van der Waals surface area contributed by atoms with Crippen LogP contribution in [0.1, 0.15) is 147 Å². The molecule has 0 aliphatic heterocycles. The average Bonchev–Trinajstić information content (AvgIpc) is 1.63. The van der Waals surface area contributed by atoms with Crippen molar-refractivity contribution >= 4 is 175 Å². The van der Waals surface area contributed by atoms with Crippen LogP contribution in [-0.2, 0) is 4.74 Å². The van der Waals surface area contributed by atoms with E-state index in [0.717, 1.165) is 44.5 Å². The van der Waals surface area contributed by atoms with Crippen LogP contribution >= 0.6 is 0 Å². The molecule has 0 aliphatic rings. The molecule has 6 heterocycles. The molecule has 18 rings (SSSR count). The van der Waals surface area contributed by atoms with Crippen LogP contribution in [0.25, 0.3) is 139 Å². The molecular weight excluding hydrogens is 1930 g/mol. The summed E-state index contributed by atoms with van der Waals surface area (Å²) < 4.78 is 73.5. The summed E-state index contributed by atoms with van der Waals surface area (Å²) in [5.41, 5.74) is 6.80. The lowest BCUT2D eigenvalue weighted by Gasteiger charge is -2.07. The van der Waals surface area contributed by atoms with Crippen molar-refractivity contribution in [1.29, 1.82) is 0 Å². The highest BCUT2D eigenvalue weighted by Crippen LogP contribution is 2.43. The molecule has 0 radical (unpaired) electrons. The van der Waals surface area contributed by atoms with Gasteiger partial charge in [-0.1, -0.05) is 66.8 Å². The maximum Gasteiger partial charge on any atom is 0.341 e. The summed E-state index contributed by atoms with van der Waals surface area (Å²) in [6.07, 6.45) is 20.6. The molecule has 16 N–H and O–H groups in total. The Labute approximate surface area is 844 Å². The monoisotopic (exact) mass is 2030 g/mol. The topological polar surface area (TPSA) is 579 Å². The summed E-state index contributed by atoms with van der Waals surface area (Å²) in [6, 6.07) is 53.4. The molecule has 18 aromatic rings. The Kier molecular flexibility index (Phi) is 33.0. The van der Waals surface area contributed by atoms with E-state index in [1.165, 1.54) is 85.1 Å². The van der Waals surface area contributed by atoms with E-state index in [4.69, 9.17) is 85.2 Å². The molecule has 36 heteroatoms. The minimum Gasteiger partial charge on any atom is -0.504 e. The fourth-order valence-corrected chi connectivity index (χ4v) is 15.1. The fourth-order valence-electron chi connectivity index (χ4n) is 15.1. The van der Waals surface area contributed by atoms with Crippen LogP contribution < -0.4 is 33.2 Å². The number of carboxylic acid groups (broad SMARTS) is 5. The molecule has 0 saturated carbocycles. The molecule has 12 aromatic carbocycles. The molecule has 6 aromatic heterocycles. The van der Waals surface area contributed by atoms with Gasteiger partial charge >= 0.3 is 35.8 Å². The van der Waals surface area contributed by atoms with Crippen molar-refractivity contribution in [3.8, 4) is 103 Å². The summed E-state index contributed by atoms with van der Waals surface area (Å²) in [5.74, 6) is -2.87. The van der Waals surface area contributed by atoms with Crippen LogP contribution in [0.4, 0.5) is 0 Å². The Morgan fingerprint density at radius 2 is 0.523 bits per heavy atom. The van der Waals surface area contributed by atoms with Crippen LogP contribution in [0.2, 0.25) is 0 Å². The van der Waals surface area contributed by atoms with Gasteiger partial charge < -0.3 is 146 Å². The molecular formula is C113H94O36. The van der Waals surface area contributed by atoms with Crippen LogP contribution in [0.3, 0.4) is 0 Å². The number of methoxy groups -OCH3 is 8. The second kappa shape index (κ2) is 46.5. The third-order valence-electron chi connectivity index (χ3n) is 22.8. The number of aromatic hydroxyl groups is 11. The third-order valence-corrected chi connectivity index (χ3v) is 22.8. The number of benzene rings is 12. The number of fused-ring (bicyclic) bond motifs is 6. The van der Waals surface area contributed by atoms with Crippen LogP contribution in [-0.4, -0.2) is 174 Å². The Morgan fingerprint density at radius 3 is 0.872 bits per heavy atom. The Bertz CT molecular complexity index is 8370. The molecule has 0 aliphatic carbocycles. The number of aromatic carboxylic acids is 5. The van der Waals surface area contributed by atoms with Gasteiger partial charge in [-0.2, -0.15) is 0 Å². The van der Waals surface area contributed by atoms with Gasteiger partial charge in [0.1, 0.15) is 67.9 Å². The smallest absolute Gasteiger partial charge is 0.341 e. The van der Waals surface area contributed by atoms with E-state index in [2.05, 4.69) is 4.74 Å². The number of hydrogen-bond acceptors (Lipinski definition) is 31. The molecule has 36 nitrogen and oxygen atoms in total. The maximum absolute atomic E-state index is 11.6. The standard InChI is InChI=1S/5C19H16O6.C18H14O6/c1-10-12-5-6-13(19(22)23)17(21)18(12)25-15(10)7-3-11-4-8-16(24-2)14(20)9-11;1-23-16-8-4-11(9-15(16)20)3-6-13-10-12-5-7-14(19(22)24-2)17(21)18(12)25-13;1-23-15-8-4-11(9-16(15)24-2)3-6-13-10-12-5-7-14(19(21)22)17(20)18(12)25-13;1-10-7-16(24-2)15(20)9-11(10)3-5-13-8-12-4-6-14(19(22)23)17(21)18(12)25-13;1-10-7-14(19(22)23)17(21)18-13(10)9-12(25-18)5-3-11-4-6-16(24-2)15(20)8-11;1-23-15-7-3-10(8-14(15)19)2-5-12-9-11-4-6-13(18(21)22)16(20)17(11)24-12/h3-9,20-21H,1-2H3,(H,22,23);3-10,20-21H,1-2H3;3-10,20H,1-2H3,(H,21,22);2*3-9,20-21H,1-2H3,(H,22,23);2-9,19-20H,1H3,(H,21,22)/b7-3+;2*6-3+;2*5-3+;5-2+. The minimum atomic E-state index is -1.23. The fraction of sp³-hybridized carbons (Fsp3) is 0.0973. The quantitative estimate of drug-likeness (QED) is 0.0236. The number of hydrogen-bond donors (Lipinski definition) is 16. The second-order valence-corrected chi connectivity index (χ2v) is 32.3. The van der Waals surface area contributed by atoms with Gasteiger partial charge in [-0.3, -0.25) is 0 Å².